The summed E-state index contributed by atoms with van der Waals surface area (Å²) in [5.41, 5.74) is 3.18. The zero-order chi connectivity index (χ0) is 18.5. The Balaban J connectivity index is 1.63. The van der Waals surface area contributed by atoms with E-state index >= 15 is 0 Å². The maximum atomic E-state index is 12.3. The number of hydrogen-bond donors (Lipinski definition) is 2. The molecule has 1 aliphatic rings. The van der Waals surface area contributed by atoms with Crippen molar-refractivity contribution in [1.29, 1.82) is 0 Å². The minimum absolute atomic E-state index is 0.0372. The molecule has 1 unspecified atom stereocenters. The van der Waals surface area contributed by atoms with Crippen molar-refractivity contribution in [2.24, 2.45) is 5.10 Å². The number of aliphatic carboxylic acids is 1. The molecule has 0 spiro atoms. The van der Waals surface area contributed by atoms with Gasteiger partial charge in [0.15, 0.2) is 0 Å². The number of rotatable bonds is 6. The monoisotopic (exact) mass is 351 g/mol. The van der Waals surface area contributed by atoms with E-state index in [4.69, 9.17) is 0 Å². The molecule has 0 aromatic heterocycles. The second kappa shape index (κ2) is 7.82. The van der Waals surface area contributed by atoms with Crippen molar-refractivity contribution >= 4 is 23.3 Å². The van der Waals surface area contributed by atoms with Gasteiger partial charge < -0.3 is 10.4 Å². The third kappa shape index (κ3) is 4.08. The third-order valence-electron chi connectivity index (χ3n) is 4.37. The SMILES string of the molecule is CC1=NN(c2ccc(C(=O)NCC(C(=O)O)c3ccccc3)cc2)CC1. The highest BCUT2D eigenvalue weighted by Crippen LogP contribution is 2.20. The standard InChI is InChI=1S/C20H21N3O3/c1-14-11-12-23(22-14)17-9-7-16(8-10-17)19(24)21-13-18(20(25)26)15-5-3-2-4-6-15/h2-10,18H,11-13H2,1H3,(H,21,24)(H,25,26). The topological polar surface area (TPSA) is 82.0 Å². The lowest BCUT2D eigenvalue weighted by atomic mass is 9.99. The molecule has 0 aliphatic carbocycles. The number of nitrogens with one attached hydrogen (secondary N) is 1. The largest absolute Gasteiger partial charge is 0.481 e. The second-order valence-electron chi connectivity index (χ2n) is 6.27. The van der Waals surface area contributed by atoms with Crippen LogP contribution in [0.1, 0.15) is 35.2 Å². The van der Waals surface area contributed by atoms with Gasteiger partial charge >= 0.3 is 5.97 Å². The Bertz CT molecular complexity index is 816. The van der Waals surface area contributed by atoms with E-state index in [1.807, 2.05) is 30.1 Å². The van der Waals surface area contributed by atoms with E-state index in [1.54, 1.807) is 36.4 Å². The summed E-state index contributed by atoms with van der Waals surface area (Å²) in [6, 6.07) is 16.1. The van der Waals surface area contributed by atoms with Crippen LogP contribution < -0.4 is 10.3 Å². The van der Waals surface area contributed by atoms with E-state index in [2.05, 4.69) is 10.4 Å². The molecule has 6 nitrogen and oxygen atoms in total. The Kier molecular flexibility index (Phi) is 5.31. The number of hydrazone groups is 1. The zero-order valence-electron chi connectivity index (χ0n) is 14.6. The highest BCUT2D eigenvalue weighted by molar-refractivity contribution is 5.95. The maximum absolute atomic E-state index is 12.3. The average Bonchev–Trinajstić information content (AvgIpc) is 3.09. The summed E-state index contributed by atoms with van der Waals surface area (Å²) >= 11 is 0. The van der Waals surface area contributed by atoms with Crippen molar-refractivity contribution < 1.29 is 14.7 Å². The molecule has 134 valence electrons. The lowest BCUT2D eigenvalue weighted by Crippen LogP contribution is -2.31. The molecule has 1 atom stereocenters. The van der Waals surface area contributed by atoms with Crippen LogP contribution in [0, 0.1) is 0 Å². The molecule has 6 heteroatoms. The Hall–Kier alpha value is -3.15. The van der Waals surface area contributed by atoms with E-state index in [0.717, 1.165) is 24.4 Å². The molecule has 0 saturated carbocycles. The van der Waals surface area contributed by atoms with Crippen molar-refractivity contribution in [3.05, 3.63) is 65.7 Å². The molecule has 1 amide bonds. The molecule has 0 bridgehead atoms. The highest BCUT2D eigenvalue weighted by atomic mass is 16.4. The molecule has 0 radical (unpaired) electrons. The zero-order valence-corrected chi connectivity index (χ0v) is 14.6. The Morgan fingerprint density at radius 3 is 2.42 bits per heavy atom. The number of hydrogen-bond acceptors (Lipinski definition) is 4. The Morgan fingerprint density at radius 2 is 1.85 bits per heavy atom. The molecule has 2 N–H and O–H groups in total. The number of carbonyl (C=O) groups is 2. The lowest BCUT2D eigenvalue weighted by Gasteiger charge is -2.15. The second-order valence-corrected chi connectivity index (χ2v) is 6.27. The molecule has 3 rings (SSSR count). The number of carbonyl (C=O) groups excluding carboxylic acids is 1. The van der Waals surface area contributed by atoms with Gasteiger partial charge in [-0.15, -0.1) is 0 Å². The van der Waals surface area contributed by atoms with Gasteiger partial charge in [-0.3, -0.25) is 14.6 Å². The highest BCUT2D eigenvalue weighted by Gasteiger charge is 2.21. The summed E-state index contributed by atoms with van der Waals surface area (Å²) in [5.74, 6) is -2.03. The molecular formula is C20H21N3O3. The number of carboxylic acid groups (broad SMARTS) is 1. The molecule has 0 fully saturated rings. The van der Waals surface area contributed by atoms with Gasteiger partial charge in [-0.25, -0.2) is 0 Å². The summed E-state index contributed by atoms with van der Waals surface area (Å²) in [6.07, 6.45) is 0.943. The van der Waals surface area contributed by atoms with Gasteiger partial charge in [-0.2, -0.15) is 5.10 Å². The number of nitrogens with zero attached hydrogens (tertiary/aromatic N) is 2. The van der Waals surface area contributed by atoms with E-state index in [-0.39, 0.29) is 12.5 Å². The van der Waals surface area contributed by atoms with E-state index in [0.29, 0.717) is 11.1 Å². The normalized spacial score (nSPS) is 14.7. The summed E-state index contributed by atoms with van der Waals surface area (Å²) in [7, 11) is 0. The minimum Gasteiger partial charge on any atom is -0.481 e. The van der Waals surface area contributed by atoms with Crippen molar-refractivity contribution in [1.82, 2.24) is 5.32 Å². The molecule has 0 saturated heterocycles. The van der Waals surface area contributed by atoms with E-state index in [1.165, 1.54) is 0 Å². The quantitative estimate of drug-likeness (QED) is 0.838. The lowest BCUT2D eigenvalue weighted by molar-refractivity contribution is -0.138. The summed E-state index contributed by atoms with van der Waals surface area (Å²) in [4.78, 5) is 23.8. The number of amides is 1. The van der Waals surface area contributed by atoms with E-state index in [9.17, 15) is 14.7 Å². The fraction of sp³-hybridized carbons (Fsp3) is 0.250. The van der Waals surface area contributed by atoms with Gasteiger partial charge in [0.05, 0.1) is 11.6 Å². The van der Waals surface area contributed by atoms with Gasteiger partial charge in [0.1, 0.15) is 0 Å². The number of benzene rings is 2. The van der Waals surface area contributed by atoms with Crippen LogP contribution in [-0.4, -0.2) is 35.8 Å². The first-order valence-electron chi connectivity index (χ1n) is 8.52. The maximum Gasteiger partial charge on any atom is 0.312 e. The van der Waals surface area contributed by atoms with E-state index < -0.39 is 11.9 Å². The minimum atomic E-state index is -0.964. The number of carboxylic acids is 1. The number of anilines is 1. The fourth-order valence-electron chi connectivity index (χ4n) is 2.88. The van der Waals surface area contributed by atoms with Crippen LogP contribution >= 0.6 is 0 Å². The van der Waals surface area contributed by atoms with Gasteiger partial charge in [0.2, 0.25) is 0 Å². The van der Waals surface area contributed by atoms with Crippen molar-refractivity contribution in [3.63, 3.8) is 0 Å². The average molecular weight is 351 g/mol. The van der Waals surface area contributed by atoms with Gasteiger partial charge in [0, 0.05) is 30.8 Å². The Labute approximate surface area is 152 Å². The predicted octanol–water partition coefficient (Wildman–Crippen LogP) is 2.87. The van der Waals surface area contributed by atoms with Crippen molar-refractivity contribution in [2.45, 2.75) is 19.3 Å². The molecular weight excluding hydrogens is 330 g/mol. The first-order chi connectivity index (χ1) is 12.5. The molecule has 26 heavy (non-hydrogen) atoms. The van der Waals surface area contributed by atoms with Crippen LogP contribution in [0.5, 0.6) is 0 Å². The van der Waals surface area contributed by atoms with Crippen molar-refractivity contribution in [3.8, 4) is 0 Å². The van der Waals surface area contributed by atoms with Crippen molar-refractivity contribution in [2.75, 3.05) is 18.1 Å². The van der Waals surface area contributed by atoms with Crippen LogP contribution in [0.15, 0.2) is 59.7 Å². The van der Waals surface area contributed by atoms with Gasteiger partial charge in [0.25, 0.3) is 5.91 Å². The molecule has 1 aliphatic heterocycles. The third-order valence-corrected chi connectivity index (χ3v) is 4.37. The van der Waals surface area contributed by atoms with Gasteiger partial charge in [-0.1, -0.05) is 30.3 Å². The summed E-state index contributed by atoms with van der Waals surface area (Å²) < 4.78 is 0. The first-order valence-corrected chi connectivity index (χ1v) is 8.52. The van der Waals surface area contributed by atoms with Gasteiger partial charge in [-0.05, 0) is 36.8 Å². The molecule has 2 aromatic rings. The van der Waals surface area contributed by atoms with Crippen LogP contribution in [0.4, 0.5) is 5.69 Å². The Morgan fingerprint density at radius 1 is 1.15 bits per heavy atom. The van der Waals surface area contributed by atoms with Crippen LogP contribution in [0.2, 0.25) is 0 Å². The summed E-state index contributed by atoms with van der Waals surface area (Å²) in [5, 5.41) is 18.5. The fourth-order valence-corrected chi connectivity index (χ4v) is 2.88. The molecule has 2 aromatic carbocycles. The van der Waals surface area contributed by atoms with Crippen LogP contribution in [0.3, 0.4) is 0 Å². The van der Waals surface area contributed by atoms with Crippen LogP contribution in [0.25, 0.3) is 0 Å². The molecule has 1 heterocycles. The smallest absolute Gasteiger partial charge is 0.312 e. The predicted molar refractivity (Wildman–Crippen MR) is 101 cm³/mol. The first kappa shape index (κ1) is 17.7. The van der Waals surface area contributed by atoms with Crippen LogP contribution in [-0.2, 0) is 4.79 Å². The summed E-state index contributed by atoms with van der Waals surface area (Å²) in [6.45, 7) is 2.87.